The SMILES string of the molecule is Cc1ccc2nc(O[C@@H]3C[C@H]4C(=O)C[C@]5(C(=O)NOc6ccccc6)C[C@@H]5/C=C\CCCCC[C@H](Cc5ccccc5)C(=O)N4C3)sc2c1. The Hall–Kier alpha value is -4.50. The minimum Gasteiger partial charge on any atom is -0.465 e. The molecule has 1 aliphatic carbocycles. The van der Waals surface area contributed by atoms with Crippen molar-refractivity contribution in [3.8, 4) is 10.9 Å². The van der Waals surface area contributed by atoms with E-state index in [1.807, 2.05) is 55.5 Å². The Kier molecular flexibility index (Phi) is 9.80. The van der Waals surface area contributed by atoms with Gasteiger partial charge in [-0.3, -0.25) is 14.4 Å². The summed E-state index contributed by atoms with van der Waals surface area (Å²) in [6.07, 6.45) is 10.0. The molecular formula is C40H43N3O5S. The van der Waals surface area contributed by atoms with Gasteiger partial charge in [0.25, 0.3) is 11.1 Å². The molecule has 0 unspecified atom stereocenters. The molecular weight excluding hydrogens is 635 g/mol. The standard InChI is InChI=1S/C40H43N3O5S/c1-27-19-20-33-36(21-27)49-39(41-33)47-32-23-34-35(44)25-40(38(46)42-48-31-17-11-6-12-18-31)24-30(40)16-10-4-2-3-9-15-29(37(45)43(34)26-32)22-28-13-7-5-8-14-28/h5-8,10-14,16-21,29-30,32,34H,2-4,9,15,22-26H2,1H3,(H,42,46)/b16-10-/t29-,30+,32-,34+,40-/m1/s1. The van der Waals surface area contributed by atoms with Gasteiger partial charge in [0.1, 0.15) is 6.10 Å². The van der Waals surface area contributed by atoms with E-state index in [1.54, 1.807) is 17.0 Å². The van der Waals surface area contributed by atoms with Crippen LogP contribution in [0, 0.1) is 24.2 Å². The van der Waals surface area contributed by atoms with Gasteiger partial charge in [-0.1, -0.05) is 90.9 Å². The molecule has 7 rings (SSSR count). The molecule has 49 heavy (non-hydrogen) atoms. The minimum absolute atomic E-state index is 0.0144. The summed E-state index contributed by atoms with van der Waals surface area (Å²) in [7, 11) is 0. The second kappa shape index (κ2) is 14.5. The Morgan fingerprint density at radius 3 is 2.63 bits per heavy atom. The molecule has 2 fully saturated rings. The van der Waals surface area contributed by atoms with Gasteiger partial charge in [-0.25, -0.2) is 4.98 Å². The van der Waals surface area contributed by atoms with Gasteiger partial charge in [-0.2, -0.15) is 5.48 Å². The molecule has 5 atom stereocenters. The normalized spacial score (nSPS) is 26.6. The molecule has 0 radical (unpaired) electrons. The van der Waals surface area contributed by atoms with Crippen LogP contribution >= 0.6 is 11.3 Å². The van der Waals surface area contributed by atoms with Crippen molar-refractivity contribution in [1.82, 2.24) is 15.4 Å². The molecule has 8 nitrogen and oxygen atoms in total. The topological polar surface area (TPSA) is 97.8 Å². The van der Waals surface area contributed by atoms with E-state index in [0.717, 1.165) is 53.4 Å². The zero-order valence-corrected chi connectivity index (χ0v) is 28.7. The van der Waals surface area contributed by atoms with Crippen LogP contribution in [0.5, 0.6) is 10.9 Å². The first kappa shape index (κ1) is 33.0. The number of aromatic nitrogens is 1. The number of carbonyl (C=O) groups excluding carboxylic acids is 3. The van der Waals surface area contributed by atoms with Crippen molar-refractivity contribution >= 4 is 39.2 Å². The first-order chi connectivity index (χ1) is 23.9. The van der Waals surface area contributed by atoms with Gasteiger partial charge in [0, 0.05) is 18.8 Å². The minimum atomic E-state index is -0.926. The Balaban J connectivity index is 1.16. The fourth-order valence-electron chi connectivity index (χ4n) is 7.43. The molecule has 2 aliphatic heterocycles. The van der Waals surface area contributed by atoms with Gasteiger partial charge in [0.15, 0.2) is 11.5 Å². The monoisotopic (exact) mass is 677 g/mol. The number of rotatable bonds is 7. The highest BCUT2D eigenvalue weighted by atomic mass is 32.1. The maximum absolute atomic E-state index is 14.5. The fourth-order valence-corrected chi connectivity index (χ4v) is 8.41. The summed E-state index contributed by atoms with van der Waals surface area (Å²) in [5, 5.41) is 0.537. The van der Waals surface area contributed by atoms with Crippen LogP contribution in [0.1, 0.15) is 62.5 Å². The summed E-state index contributed by atoms with van der Waals surface area (Å²) in [5.74, 6) is -0.245. The van der Waals surface area contributed by atoms with Crippen molar-refractivity contribution in [1.29, 1.82) is 0 Å². The van der Waals surface area contributed by atoms with Gasteiger partial charge >= 0.3 is 0 Å². The maximum atomic E-state index is 14.5. The molecule has 4 aromatic rings. The van der Waals surface area contributed by atoms with Gasteiger partial charge in [0.05, 0.1) is 28.2 Å². The summed E-state index contributed by atoms with van der Waals surface area (Å²) >= 11 is 1.48. The van der Waals surface area contributed by atoms with Crippen molar-refractivity contribution in [3.05, 3.63) is 102 Å². The van der Waals surface area contributed by atoms with E-state index < -0.39 is 17.6 Å². The van der Waals surface area contributed by atoms with Crippen molar-refractivity contribution in [2.75, 3.05) is 6.54 Å². The zero-order valence-electron chi connectivity index (χ0n) is 27.9. The molecule has 1 saturated heterocycles. The van der Waals surface area contributed by atoms with Crippen LogP contribution in [-0.2, 0) is 20.8 Å². The van der Waals surface area contributed by atoms with E-state index in [4.69, 9.17) is 14.6 Å². The molecule has 3 heterocycles. The summed E-state index contributed by atoms with van der Waals surface area (Å²) in [4.78, 5) is 54.8. The molecule has 1 saturated carbocycles. The highest BCUT2D eigenvalue weighted by molar-refractivity contribution is 7.20. The number of ether oxygens (including phenoxy) is 1. The third-order valence-corrected chi connectivity index (χ3v) is 11.2. The molecule has 1 N–H and O–H groups in total. The predicted molar refractivity (Wildman–Crippen MR) is 190 cm³/mol. The van der Waals surface area contributed by atoms with Gasteiger partial charge in [-0.05, 0) is 80.3 Å². The molecule has 0 spiro atoms. The second-order valence-corrected chi connectivity index (χ2v) is 14.8. The summed E-state index contributed by atoms with van der Waals surface area (Å²) in [5.41, 5.74) is 4.84. The number of amides is 2. The molecule has 3 aliphatic rings. The van der Waals surface area contributed by atoms with Crippen LogP contribution in [0.3, 0.4) is 0 Å². The van der Waals surface area contributed by atoms with Gasteiger partial charge in [0.2, 0.25) is 5.91 Å². The number of aryl methyl sites for hydroxylation is 1. The first-order valence-electron chi connectivity index (χ1n) is 17.5. The number of carbonyl (C=O) groups is 3. The number of Topliss-reactive ketones (excluding diaryl/α,β-unsaturated/α-hetero) is 1. The van der Waals surface area contributed by atoms with E-state index in [-0.39, 0.29) is 35.9 Å². The van der Waals surface area contributed by atoms with Crippen LogP contribution in [0.25, 0.3) is 10.2 Å². The number of hydrogen-bond acceptors (Lipinski definition) is 7. The number of fused-ring (bicyclic) bond motifs is 3. The third-order valence-electron chi connectivity index (χ3n) is 10.3. The van der Waals surface area contributed by atoms with E-state index >= 15 is 0 Å². The Morgan fingerprint density at radius 1 is 1.02 bits per heavy atom. The molecule has 3 aromatic carbocycles. The lowest BCUT2D eigenvalue weighted by Gasteiger charge is -2.29. The van der Waals surface area contributed by atoms with Crippen LogP contribution in [0.4, 0.5) is 0 Å². The molecule has 0 bridgehead atoms. The number of ketones is 1. The number of nitrogens with zero attached hydrogens (tertiary/aromatic N) is 2. The lowest BCUT2D eigenvalue weighted by atomic mass is 9.90. The Morgan fingerprint density at radius 2 is 1.82 bits per heavy atom. The van der Waals surface area contributed by atoms with Crippen molar-refractivity contribution in [2.24, 2.45) is 17.3 Å². The number of hydrogen-bond donors (Lipinski definition) is 1. The quantitative estimate of drug-likeness (QED) is 0.162. The van der Waals surface area contributed by atoms with Crippen LogP contribution < -0.4 is 15.1 Å². The molecule has 1 aromatic heterocycles. The largest absolute Gasteiger partial charge is 0.465 e. The smallest absolute Gasteiger partial charge is 0.274 e. The van der Waals surface area contributed by atoms with E-state index in [2.05, 4.69) is 35.8 Å². The van der Waals surface area contributed by atoms with E-state index in [0.29, 0.717) is 36.8 Å². The third kappa shape index (κ3) is 7.57. The lowest BCUT2D eigenvalue weighted by Crippen LogP contribution is -2.46. The van der Waals surface area contributed by atoms with Crippen LogP contribution in [0.2, 0.25) is 0 Å². The predicted octanol–water partition coefficient (Wildman–Crippen LogP) is 7.41. The van der Waals surface area contributed by atoms with Crippen molar-refractivity contribution < 1.29 is 24.0 Å². The fraction of sp³-hybridized carbons (Fsp3) is 0.400. The van der Waals surface area contributed by atoms with E-state index in [9.17, 15) is 14.4 Å². The van der Waals surface area contributed by atoms with Crippen molar-refractivity contribution in [2.45, 2.75) is 76.9 Å². The number of benzene rings is 3. The average Bonchev–Trinajstić information content (AvgIpc) is 3.41. The highest BCUT2D eigenvalue weighted by Crippen LogP contribution is 2.57. The average molecular weight is 678 g/mol. The van der Waals surface area contributed by atoms with Crippen molar-refractivity contribution in [3.63, 3.8) is 0 Å². The molecule has 254 valence electrons. The Labute approximate surface area is 291 Å². The lowest BCUT2D eigenvalue weighted by molar-refractivity contribution is -0.143. The summed E-state index contributed by atoms with van der Waals surface area (Å²) in [6.45, 7) is 2.35. The highest BCUT2D eigenvalue weighted by Gasteiger charge is 2.61. The maximum Gasteiger partial charge on any atom is 0.274 e. The number of hydroxylamine groups is 1. The van der Waals surface area contributed by atoms with E-state index in [1.165, 1.54) is 11.3 Å². The van der Waals surface area contributed by atoms with Gasteiger partial charge < -0.3 is 14.5 Å². The number of para-hydroxylation sites is 1. The van der Waals surface area contributed by atoms with Crippen LogP contribution in [0.15, 0.2) is 91.0 Å². The second-order valence-electron chi connectivity index (χ2n) is 13.8. The van der Waals surface area contributed by atoms with Gasteiger partial charge in [-0.15, -0.1) is 0 Å². The summed E-state index contributed by atoms with van der Waals surface area (Å²) < 4.78 is 7.48. The summed E-state index contributed by atoms with van der Waals surface area (Å²) in [6, 6.07) is 24.6. The molecule has 2 amide bonds. The number of thiazole rings is 1. The number of nitrogens with one attached hydrogen (secondary N) is 1. The van der Waals surface area contributed by atoms with Crippen LogP contribution in [-0.4, -0.2) is 46.2 Å². The molecule has 9 heteroatoms. The zero-order chi connectivity index (χ0) is 33.8. The Bertz CT molecular complexity index is 1830. The number of allylic oxidation sites excluding steroid dienone is 2. The first-order valence-corrected chi connectivity index (χ1v) is 18.3.